The van der Waals surface area contributed by atoms with Gasteiger partial charge in [-0.3, -0.25) is 0 Å². The van der Waals surface area contributed by atoms with E-state index in [0.29, 0.717) is 0 Å². The summed E-state index contributed by atoms with van der Waals surface area (Å²) in [5.41, 5.74) is 13.1. The third kappa shape index (κ3) is 5.74. The van der Waals surface area contributed by atoms with Crippen molar-refractivity contribution in [3.63, 3.8) is 0 Å². The molecule has 0 bridgehead atoms. The zero-order chi connectivity index (χ0) is 35.8. The van der Waals surface area contributed by atoms with E-state index >= 15 is 0 Å². The maximum atomic E-state index is 2.36. The second-order valence-corrected chi connectivity index (χ2v) is 14.8. The van der Waals surface area contributed by atoms with Crippen LogP contribution in [0, 0.1) is 0 Å². The second-order valence-electron chi connectivity index (χ2n) is 13.7. The van der Waals surface area contributed by atoms with Crippen molar-refractivity contribution in [1.29, 1.82) is 0 Å². The van der Waals surface area contributed by atoms with Gasteiger partial charge in [0, 0.05) is 42.8 Å². The maximum Gasteiger partial charge on any atom is 0.0462 e. The molecule has 1 nitrogen and oxygen atoms in total. The molecule has 0 radical (unpaired) electrons. The van der Waals surface area contributed by atoms with E-state index in [-0.39, 0.29) is 0 Å². The fourth-order valence-corrected chi connectivity index (χ4v) is 9.13. The summed E-state index contributed by atoms with van der Waals surface area (Å²) in [5.74, 6) is 0. The molecule has 2 heteroatoms. The zero-order valence-electron chi connectivity index (χ0n) is 29.6. The number of hydrogen-bond acceptors (Lipinski definition) is 2. The highest BCUT2D eigenvalue weighted by atomic mass is 32.1. The highest BCUT2D eigenvalue weighted by Crippen LogP contribution is 2.46. The number of fused-ring (bicyclic) bond motifs is 4. The summed E-state index contributed by atoms with van der Waals surface area (Å²) in [6.45, 7) is 0. The molecule has 0 spiro atoms. The molecule has 0 aliphatic carbocycles. The standard InChI is InChI=1S/C52H35NS/c1-3-12-36(13-4-1)37-22-28-42(29-23-37)53(43-30-24-39(25-31-43)46-20-11-17-38-14-7-8-18-45(38)46)44-32-26-40(27-33-44)47-34-35-49-48-19-9-10-21-50(48)54-52(49)51(47)41-15-5-2-6-16-41/h1-35H. The minimum atomic E-state index is 1.10. The first-order valence-corrected chi connectivity index (χ1v) is 19.2. The summed E-state index contributed by atoms with van der Waals surface area (Å²) in [5, 5.41) is 5.14. The van der Waals surface area contributed by atoms with Crippen LogP contribution in [-0.2, 0) is 0 Å². The molecule has 0 saturated heterocycles. The second kappa shape index (κ2) is 13.7. The first kappa shape index (κ1) is 32.0. The molecule has 0 amide bonds. The highest BCUT2D eigenvalue weighted by molar-refractivity contribution is 7.26. The molecule has 54 heavy (non-hydrogen) atoms. The maximum absolute atomic E-state index is 2.36. The van der Waals surface area contributed by atoms with Crippen molar-refractivity contribution in [2.24, 2.45) is 0 Å². The SMILES string of the molecule is c1ccc(-c2ccc(N(c3ccc(-c4ccc5c(sc6ccccc65)c4-c4ccccc4)cc3)c3ccc(-c4cccc5ccccc45)cc3)cc2)cc1. The fourth-order valence-electron chi connectivity index (χ4n) is 7.86. The van der Waals surface area contributed by atoms with Gasteiger partial charge in [-0.25, -0.2) is 0 Å². The van der Waals surface area contributed by atoms with Gasteiger partial charge in [-0.2, -0.15) is 0 Å². The summed E-state index contributed by atoms with van der Waals surface area (Å²) in [7, 11) is 0. The average molecular weight is 706 g/mol. The van der Waals surface area contributed by atoms with Crippen LogP contribution in [0.3, 0.4) is 0 Å². The van der Waals surface area contributed by atoms with E-state index in [2.05, 4.69) is 217 Å². The monoisotopic (exact) mass is 705 g/mol. The van der Waals surface area contributed by atoms with Gasteiger partial charge in [0.2, 0.25) is 0 Å². The summed E-state index contributed by atoms with van der Waals surface area (Å²) in [6, 6.07) is 77.0. The lowest BCUT2D eigenvalue weighted by molar-refractivity contribution is 1.28. The van der Waals surface area contributed by atoms with Crippen LogP contribution in [0.1, 0.15) is 0 Å². The van der Waals surface area contributed by atoms with Gasteiger partial charge in [0.15, 0.2) is 0 Å². The van der Waals surface area contributed by atoms with E-state index in [4.69, 9.17) is 0 Å². The summed E-state index contributed by atoms with van der Waals surface area (Å²) >= 11 is 1.89. The van der Waals surface area contributed by atoms with E-state index in [1.165, 1.54) is 75.5 Å². The lowest BCUT2D eigenvalue weighted by Crippen LogP contribution is -2.09. The number of rotatable bonds is 7. The molecule has 0 unspecified atom stereocenters. The van der Waals surface area contributed by atoms with Crippen molar-refractivity contribution in [1.82, 2.24) is 0 Å². The smallest absolute Gasteiger partial charge is 0.0462 e. The summed E-state index contributed by atoms with van der Waals surface area (Å²) < 4.78 is 2.65. The molecule has 254 valence electrons. The van der Waals surface area contributed by atoms with Gasteiger partial charge in [-0.15, -0.1) is 11.3 Å². The first-order chi connectivity index (χ1) is 26.8. The number of anilines is 3. The Morgan fingerprint density at radius 2 is 0.796 bits per heavy atom. The van der Waals surface area contributed by atoms with Gasteiger partial charge < -0.3 is 4.90 Å². The predicted octanol–water partition coefficient (Wildman–Crippen LogP) is 15.3. The van der Waals surface area contributed by atoms with Crippen LogP contribution in [0.4, 0.5) is 17.1 Å². The number of nitrogens with zero attached hydrogens (tertiary/aromatic N) is 1. The molecule has 0 fully saturated rings. The van der Waals surface area contributed by atoms with E-state index in [9.17, 15) is 0 Å². The van der Waals surface area contributed by atoms with Gasteiger partial charge in [-0.05, 0) is 92.2 Å². The molecule has 0 saturated carbocycles. The Hall–Kier alpha value is -6.74. The molecule has 9 aromatic carbocycles. The fraction of sp³-hybridized carbons (Fsp3) is 0. The Bertz CT molecular complexity index is 2880. The molecule has 0 atom stereocenters. The van der Waals surface area contributed by atoms with Crippen molar-refractivity contribution in [2.75, 3.05) is 4.90 Å². The Balaban J connectivity index is 1.08. The minimum absolute atomic E-state index is 1.10. The lowest BCUT2D eigenvalue weighted by atomic mass is 9.92. The Labute approximate surface area is 319 Å². The Morgan fingerprint density at radius 3 is 1.46 bits per heavy atom. The first-order valence-electron chi connectivity index (χ1n) is 18.4. The van der Waals surface area contributed by atoms with E-state index < -0.39 is 0 Å². The van der Waals surface area contributed by atoms with Gasteiger partial charge in [0.05, 0.1) is 0 Å². The van der Waals surface area contributed by atoms with Crippen LogP contribution in [0.5, 0.6) is 0 Å². The third-order valence-electron chi connectivity index (χ3n) is 10.5. The molecule has 0 N–H and O–H groups in total. The molecule has 1 heterocycles. The minimum Gasteiger partial charge on any atom is -0.311 e. The average Bonchev–Trinajstić information content (AvgIpc) is 3.63. The van der Waals surface area contributed by atoms with Gasteiger partial charge in [-0.1, -0.05) is 170 Å². The van der Waals surface area contributed by atoms with E-state index in [1.54, 1.807) is 0 Å². The predicted molar refractivity (Wildman–Crippen MR) is 233 cm³/mol. The van der Waals surface area contributed by atoms with Gasteiger partial charge in [0.25, 0.3) is 0 Å². The van der Waals surface area contributed by atoms with Crippen LogP contribution in [0.25, 0.3) is 75.5 Å². The normalized spacial score (nSPS) is 11.3. The molecule has 0 aliphatic rings. The molecule has 0 aliphatic heterocycles. The van der Waals surface area contributed by atoms with Crippen LogP contribution in [0.2, 0.25) is 0 Å². The lowest BCUT2D eigenvalue weighted by Gasteiger charge is -2.26. The van der Waals surface area contributed by atoms with Gasteiger partial charge in [0.1, 0.15) is 0 Å². The van der Waals surface area contributed by atoms with Crippen LogP contribution >= 0.6 is 11.3 Å². The quantitative estimate of drug-likeness (QED) is 0.160. The number of hydrogen-bond donors (Lipinski definition) is 0. The van der Waals surface area contributed by atoms with Crippen molar-refractivity contribution in [2.45, 2.75) is 0 Å². The number of benzene rings is 9. The summed E-state index contributed by atoms with van der Waals surface area (Å²) in [4.78, 5) is 2.36. The summed E-state index contributed by atoms with van der Waals surface area (Å²) in [6.07, 6.45) is 0. The van der Waals surface area contributed by atoms with Crippen molar-refractivity contribution < 1.29 is 0 Å². The van der Waals surface area contributed by atoms with Crippen LogP contribution in [0.15, 0.2) is 212 Å². The number of thiophene rings is 1. The van der Waals surface area contributed by atoms with Crippen LogP contribution in [-0.4, -0.2) is 0 Å². The largest absolute Gasteiger partial charge is 0.311 e. The molecular weight excluding hydrogens is 671 g/mol. The molecular formula is C52H35NS. The highest BCUT2D eigenvalue weighted by Gasteiger charge is 2.18. The Morgan fingerprint density at radius 1 is 0.296 bits per heavy atom. The van der Waals surface area contributed by atoms with E-state index in [1.807, 2.05) is 11.3 Å². The topological polar surface area (TPSA) is 3.24 Å². The van der Waals surface area contributed by atoms with Gasteiger partial charge >= 0.3 is 0 Å². The van der Waals surface area contributed by atoms with E-state index in [0.717, 1.165) is 17.1 Å². The van der Waals surface area contributed by atoms with Crippen molar-refractivity contribution >= 4 is 59.3 Å². The Kier molecular flexibility index (Phi) is 8.09. The molecule has 10 rings (SSSR count). The molecule has 10 aromatic rings. The molecule has 1 aromatic heterocycles. The van der Waals surface area contributed by atoms with Crippen molar-refractivity contribution in [3.05, 3.63) is 212 Å². The van der Waals surface area contributed by atoms with Crippen molar-refractivity contribution in [3.8, 4) is 44.5 Å². The van der Waals surface area contributed by atoms with Crippen LogP contribution < -0.4 is 4.90 Å². The zero-order valence-corrected chi connectivity index (χ0v) is 30.4. The third-order valence-corrected chi connectivity index (χ3v) is 11.7.